The van der Waals surface area contributed by atoms with Crippen molar-refractivity contribution in [2.24, 2.45) is 0 Å². The van der Waals surface area contributed by atoms with Gasteiger partial charge in [-0.2, -0.15) is 4.39 Å². The zero-order chi connectivity index (χ0) is 11.5. The van der Waals surface area contributed by atoms with Gasteiger partial charge < -0.3 is 10.5 Å². The minimum absolute atomic E-state index is 0.493. The van der Waals surface area contributed by atoms with Gasteiger partial charge in [0.1, 0.15) is 5.82 Å². The zero-order valence-electron chi connectivity index (χ0n) is 8.53. The predicted octanol–water partition coefficient (Wildman–Crippen LogP) is 3.29. The second-order valence-electron chi connectivity index (χ2n) is 3.13. The Bertz CT molecular complexity index is 479. The molecule has 0 radical (unpaired) electrons. The van der Waals surface area contributed by atoms with Crippen molar-refractivity contribution in [2.45, 2.75) is 11.1 Å². The minimum atomic E-state index is -0.493. The van der Waals surface area contributed by atoms with Crippen LogP contribution in [-0.2, 0) is 0 Å². The normalized spacial score (nSPS) is 10.4. The Hall–Kier alpha value is -1.27. The van der Waals surface area contributed by atoms with Crippen molar-refractivity contribution < 1.29 is 4.39 Å². The highest BCUT2D eigenvalue weighted by Crippen LogP contribution is 2.31. The fraction of sp³-hybridized carbons (Fsp3) is 0.100. The number of nitrogens with zero attached hydrogens (tertiary/aromatic N) is 1. The second-order valence-corrected chi connectivity index (χ2v) is 5.49. The molecule has 0 aliphatic carbocycles. The molecular weight excluding hydrogens is 245 g/mol. The highest BCUT2D eigenvalue weighted by molar-refractivity contribution is 8.02. The molecule has 3 nitrogen and oxygen atoms in total. The van der Waals surface area contributed by atoms with E-state index in [2.05, 4.69) is 9.71 Å². The molecule has 0 aromatic carbocycles. The van der Waals surface area contributed by atoms with Crippen molar-refractivity contribution >= 4 is 34.8 Å². The van der Waals surface area contributed by atoms with E-state index in [9.17, 15) is 4.39 Å². The van der Waals surface area contributed by atoms with Crippen LogP contribution in [0.25, 0.3) is 0 Å². The summed E-state index contributed by atoms with van der Waals surface area (Å²) in [6.45, 7) is 1.96. The number of nitrogens with one attached hydrogen (secondary N) is 1. The van der Waals surface area contributed by atoms with Crippen LogP contribution >= 0.6 is 23.3 Å². The summed E-state index contributed by atoms with van der Waals surface area (Å²) < 4.78 is 16.8. The Morgan fingerprint density at radius 1 is 1.50 bits per heavy atom. The number of pyridine rings is 1. The number of hydrogen-bond donors (Lipinski definition) is 2. The van der Waals surface area contributed by atoms with Crippen LogP contribution in [0.5, 0.6) is 0 Å². The Kier molecular flexibility index (Phi) is 3.31. The van der Waals surface area contributed by atoms with Crippen molar-refractivity contribution in [1.82, 2.24) is 4.98 Å². The molecule has 6 heteroatoms. The van der Waals surface area contributed by atoms with Gasteiger partial charge in [0.2, 0.25) is 5.95 Å². The summed E-state index contributed by atoms with van der Waals surface area (Å²) in [6, 6.07) is 6.51. The fourth-order valence-corrected chi connectivity index (χ4v) is 2.92. The Morgan fingerprint density at radius 3 is 2.94 bits per heavy atom. The van der Waals surface area contributed by atoms with Crippen molar-refractivity contribution in [1.29, 1.82) is 0 Å². The van der Waals surface area contributed by atoms with Gasteiger partial charge in [0, 0.05) is 10.6 Å². The van der Waals surface area contributed by atoms with Crippen LogP contribution in [0.15, 0.2) is 28.5 Å². The Balaban J connectivity index is 2.02. The van der Waals surface area contributed by atoms with E-state index in [0.29, 0.717) is 5.82 Å². The van der Waals surface area contributed by atoms with Gasteiger partial charge in [-0.3, -0.25) is 0 Å². The lowest BCUT2D eigenvalue weighted by Gasteiger charge is -2.01. The van der Waals surface area contributed by atoms with Crippen molar-refractivity contribution in [3.05, 3.63) is 35.1 Å². The summed E-state index contributed by atoms with van der Waals surface area (Å²) in [7, 11) is 0. The molecule has 0 saturated heterocycles. The van der Waals surface area contributed by atoms with Gasteiger partial charge in [0.25, 0.3) is 0 Å². The van der Waals surface area contributed by atoms with Crippen LogP contribution in [0.3, 0.4) is 0 Å². The van der Waals surface area contributed by atoms with Gasteiger partial charge in [0.15, 0.2) is 0 Å². The second kappa shape index (κ2) is 4.71. The van der Waals surface area contributed by atoms with E-state index >= 15 is 0 Å². The van der Waals surface area contributed by atoms with Crippen LogP contribution in [-0.4, -0.2) is 4.98 Å². The number of nitrogens with two attached hydrogens (primary N) is 1. The third kappa shape index (κ3) is 2.65. The van der Waals surface area contributed by atoms with Gasteiger partial charge in [-0.1, -0.05) is 6.07 Å². The van der Waals surface area contributed by atoms with Crippen molar-refractivity contribution in [3.8, 4) is 0 Å². The maximum Gasteiger partial charge on any atom is 0.214 e. The number of nitrogen functional groups attached to an aromatic ring is 1. The molecule has 0 aliphatic heterocycles. The third-order valence-corrected chi connectivity index (χ3v) is 3.90. The highest BCUT2D eigenvalue weighted by atomic mass is 32.2. The smallest absolute Gasteiger partial charge is 0.214 e. The molecule has 16 heavy (non-hydrogen) atoms. The van der Waals surface area contributed by atoms with E-state index in [4.69, 9.17) is 5.73 Å². The number of thiophene rings is 1. The summed E-state index contributed by atoms with van der Waals surface area (Å²) in [5.41, 5.74) is 6.51. The number of hydrogen-bond acceptors (Lipinski definition) is 5. The molecule has 0 unspecified atom stereocenters. The van der Waals surface area contributed by atoms with Crippen molar-refractivity contribution in [2.75, 3.05) is 10.5 Å². The quantitative estimate of drug-likeness (QED) is 0.652. The molecule has 2 aromatic rings. The molecule has 84 valence electrons. The van der Waals surface area contributed by atoms with E-state index in [0.717, 1.165) is 14.8 Å². The summed E-state index contributed by atoms with van der Waals surface area (Å²) in [5.74, 6) is 0.00194. The van der Waals surface area contributed by atoms with Gasteiger partial charge in [-0.15, -0.1) is 11.3 Å². The van der Waals surface area contributed by atoms with E-state index in [1.807, 2.05) is 13.0 Å². The summed E-state index contributed by atoms with van der Waals surface area (Å²) in [5, 5.41) is 0. The Morgan fingerprint density at radius 2 is 2.31 bits per heavy atom. The molecule has 0 fully saturated rings. The van der Waals surface area contributed by atoms with Crippen LogP contribution in [0.2, 0.25) is 0 Å². The topological polar surface area (TPSA) is 50.9 Å². The van der Waals surface area contributed by atoms with Crippen LogP contribution < -0.4 is 10.5 Å². The number of rotatable bonds is 3. The molecule has 0 spiro atoms. The zero-order valence-corrected chi connectivity index (χ0v) is 10.2. The molecule has 2 rings (SSSR count). The van der Waals surface area contributed by atoms with E-state index in [-0.39, 0.29) is 0 Å². The standard InChI is InChI=1S/C10H10FN3S2/c1-6-7(12)5-10(15-6)16-14-9-4-2-3-8(11)13-9/h2-5H,12H2,1H3,(H,13,14). The summed E-state index contributed by atoms with van der Waals surface area (Å²) in [4.78, 5) is 4.77. The van der Waals surface area contributed by atoms with Crippen LogP contribution in [0.1, 0.15) is 4.88 Å². The first-order valence-corrected chi connectivity index (χ1v) is 6.20. The molecule has 2 aromatic heterocycles. The first-order valence-electron chi connectivity index (χ1n) is 4.56. The maximum absolute atomic E-state index is 12.8. The number of anilines is 2. The fourth-order valence-electron chi connectivity index (χ4n) is 1.09. The average Bonchev–Trinajstić information content (AvgIpc) is 2.56. The third-order valence-electron chi connectivity index (χ3n) is 1.90. The first-order chi connectivity index (χ1) is 7.65. The molecule has 0 atom stereocenters. The van der Waals surface area contributed by atoms with Gasteiger partial charge in [-0.05, 0) is 37.1 Å². The lowest BCUT2D eigenvalue weighted by atomic mass is 10.4. The van der Waals surface area contributed by atoms with Gasteiger partial charge in [0.05, 0.1) is 4.21 Å². The predicted molar refractivity (Wildman–Crippen MR) is 67.1 cm³/mol. The number of halogens is 1. The van der Waals surface area contributed by atoms with Crippen molar-refractivity contribution in [3.63, 3.8) is 0 Å². The summed E-state index contributed by atoms with van der Waals surface area (Å²) >= 11 is 2.97. The molecule has 0 bridgehead atoms. The lowest BCUT2D eigenvalue weighted by molar-refractivity contribution is 0.586. The van der Waals surface area contributed by atoms with E-state index < -0.39 is 5.95 Å². The monoisotopic (exact) mass is 255 g/mol. The molecule has 0 aliphatic rings. The maximum atomic E-state index is 12.8. The van der Waals surface area contributed by atoms with Crippen LogP contribution in [0.4, 0.5) is 15.9 Å². The average molecular weight is 255 g/mol. The minimum Gasteiger partial charge on any atom is -0.398 e. The van der Waals surface area contributed by atoms with Crippen LogP contribution in [0, 0.1) is 12.9 Å². The van der Waals surface area contributed by atoms with Gasteiger partial charge >= 0.3 is 0 Å². The summed E-state index contributed by atoms with van der Waals surface area (Å²) in [6.07, 6.45) is 0. The lowest BCUT2D eigenvalue weighted by Crippen LogP contribution is -1.91. The molecule has 0 saturated carbocycles. The molecule has 2 heterocycles. The van der Waals surface area contributed by atoms with Gasteiger partial charge in [-0.25, -0.2) is 4.98 Å². The molecule has 0 amide bonds. The Labute approximate surface area is 101 Å². The molecule has 3 N–H and O–H groups in total. The largest absolute Gasteiger partial charge is 0.398 e. The van der Waals surface area contributed by atoms with E-state index in [1.165, 1.54) is 18.0 Å². The number of aromatic nitrogens is 1. The van der Waals surface area contributed by atoms with E-state index in [1.54, 1.807) is 23.5 Å². The molecular formula is C10H10FN3S2. The first kappa shape index (κ1) is 11.2. The highest BCUT2D eigenvalue weighted by Gasteiger charge is 2.03. The SMILES string of the molecule is Cc1sc(SNc2cccc(F)n2)cc1N. The number of aryl methyl sites for hydroxylation is 1.